The molecule has 3 aromatic carbocycles. The van der Waals surface area contributed by atoms with Crippen LogP contribution in [0.1, 0.15) is 81.8 Å². The van der Waals surface area contributed by atoms with Gasteiger partial charge in [-0.1, -0.05) is 24.3 Å². The standard InChI is InChI=1S/C36H39F2N3O4/c1-35(2,3)41(34(43)44)27-17-25-10-11-26(18-27)40(25)33(42)23-9-13-28(29-12-6-21(14-32(29)38)19-36(4,5)45)30(15-23)22-7-8-24(20-39)31(37)16-22/h6-9,12-16,25-27,45H,10-11,17-19H2,1-5H3,(H,43,44)/t25-,26+,27?. The fourth-order valence-electron chi connectivity index (χ4n) is 7.14. The van der Waals surface area contributed by atoms with E-state index in [1.165, 1.54) is 23.1 Å². The molecule has 9 heteroatoms. The van der Waals surface area contributed by atoms with Crippen molar-refractivity contribution < 1.29 is 28.6 Å². The highest BCUT2D eigenvalue weighted by atomic mass is 19.1. The molecule has 3 aromatic rings. The molecule has 2 aliphatic heterocycles. The zero-order chi connectivity index (χ0) is 32.8. The van der Waals surface area contributed by atoms with Crippen LogP contribution in [0.4, 0.5) is 13.6 Å². The van der Waals surface area contributed by atoms with Gasteiger partial charge in [0.1, 0.15) is 17.7 Å². The molecule has 0 aromatic heterocycles. The molecule has 0 saturated carbocycles. The first-order chi connectivity index (χ1) is 21.1. The first-order valence-corrected chi connectivity index (χ1v) is 15.3. The first kappa shape index (κ1) is 32.1. The molecule has 45 heavy (non-hydrogen) atoms. The van der Waals surface area contributed by atoms with Crippen LogP contribution in [0.15, 0.2) is 54.6 Å². The SMILES string of the molecule is CC(C)(O)Cc1ccc(-c2ccc(C(=O)N3[C@@H]4CC[C@H]3CC(N(C(=O)O)C(C)(C)C)C4)cc2-c2ccc(C#N)c(F)c2)c(F)c1. The number of piperidine rings is 1. The first-order valence-electron chi connectivity index (χ1n) is 15.3. The number of hydrogen-bond acceptors (Lipinski definition) is 4. The number of benzene rings is 3. The second-order valence-electron chi connectivity index (χ2n) is 13.9. The molecule has 2 saturated heterocycles. The van der Waals surface area contributed by atoms with Gasteiger partial charge in [-0.15, -0.1) is 0 Å². The highest BCUT2D eigenvalue weighted by molar-refractivity contribution is 5.98. The van der Waals surface area contributed by atoms with Crippen molar-refractivity contribution in [3.8, 4) is 28.3 Å². The molecular formula is C36H39F2N3O4. The van der Waals surface area contributed by atoms with Gasteiger partial charge < -0.3 is 20.0 Å². The number of halogens is 2. The minimum absolute atomic E-state index is 0.123. The van der Waals surface area contributed by atoms with E-state index in [1.54, 1.807) is 50.2 Å². The second kappa shape index (κ2) is 11.9. The Balaban J connectivity index is 1.53. The summed E-state index contributed by atoms with van der Waals surface area (Å²) in [6.07, 6.45) is 1.92. The van der Waals surface area contributed by atoms with Crippen LogP contribution in [0.2, 0.25) is 0 Å². The van der Waals surface area contributed by atoms with Gasteiger partial charge in [0.15, 0.2) is 0 Å². The lowest BCUT2D eigenvalue weighted by molar-refractivity contribution is 0.0187. The van der Waals surface area contributed by atoms with Gasteiger partial charge in [-0.25, -0.2) is 13.6 Å². The minimum atomic E-state index is -1.02. The number of carbonyl (C=O) groups excluding carboxylic acids is 1. The van der Waals surface area contributed by atoms with Crippen LogP contribution in [0.3, 0.4) is 0 Å². The maximum atomic E-state index is 15.6. The molecule has 7 nitrogen and oxygen atoms in total. The summed E-state index contributed by atoms with van der Waals surface area (Å²) >= 11 is 0. The summed E-state index contributed by atoms with van der Waals surface area (Å²) in [4.78, 5) is 29.6. The summed E-state index contributed by atoms with van der Waals surface area (Å²) in [5.41, 5.74) is 0.785. The number of hydrogen-bond donors (Lipinski definition) is 2. The van der Waals surface area contributed by atoms with Crippen LogP contribution in [0, 0.1) is 23.0 Å². The highest BCUT2D eigenvalue weighted by Gasteiger charge is 2.47. The molecule has 2 heterocycles. The number of amides is 2. The summed E-state index contributed by atoms with van der Waals surface area (Å²) in [5.74, 6) is -1.45. The van der Waals surface area contributed by atoms with Crippen LogP contribution < -0.4 is 0 Å². The third kappa shape index (κ3) is 6.57. The zero-order valence-corrected chi connectivity index (χ0v) is 26.3. The molecule has 0 radical (unpaired) electrons. The third-order valence-electron chi connectivity index (χ3n) is 8.86. The van der Waals surface area contributed by atoms with E-state index >= 15 is 4.39 Å². The van der Waals surface area contributed by atoms with Crippen LogP contribution in [-0.4, -0.2) is 61.3 Å². The van der Waals surface area contributed by atoms with E-state index in [9.17, 15) is 29.5 Å². The Morgan fingerprint density at radius 1 is 0.911 bits per heavy atom. The van der Waals surface area contributed by atoms with Gasteiger partial charge in [0.25, 0.3) is 5.91 Å². The Kier molecular flexibility index (Phi) is 8.49. The molecular weight excluding hydrogens is 576 g/mol. The molecule has 3 atom stereocenters. The van der Waals surface area contributed by atoms with E-state index in [4.69, 9.17) is 0 Å². The van der Waals surface area contributed by atoms with Crippen molar-refractivity contribution in [1.82, 2.24) is 9.80 Å². The average Bonchev–Trinajstić information content (AvgIpc) is 3.20. The van der Waals surface area contributed by atoms with E-state index < -0.39 is 28.9 Å². The van der Waals surface area contributed by atoms with Gasteiger partial charge in [-0.2, -0.15) is 5.26 Å². The molecule has 2 aliphatic rings. The largest absolute Gasteiger partial charge is 0.465 e. The summed E-state index contributed by atoms with van der Waals surface area (Å²) in [6.45, 7) is 8.92. The maximum Gasteiger partial charge on any atom is 0.407 e. The van der Waals surface area contributed by atoms with Crippen molar-refractivity contribution in [3.63, 3.8) is 0 Å². The van der Waals surface area contributed by atoms with Crippen LogP contribution >= 0.6 is 0 Å². The van der Waals surface area contributed by atoms with Crippen molar-refractivity contribution >= 4 is 12.0 Å². The Morgan fingerprint density at radius 3 is 2.09 bits per heavy atom. The van der Waals surface area contributed by atoms with Crippen molar-refractivity contribution in [2.75, 3.05) is 0 Å². The van der Waals surface area contributed by atoms with Gasteiger partial charge in [0, 0.05) is 41.2 Å². The van der Waals surface area contributed by atoms with E-state index in [0.717, 1.165) is 12.8 Å². The Labute approximate surface area is 262 Å². The molecule has 2 fully saturated rings. The molecule has 5 rings (SSSR count). The summed E-state index contributed by atoms with van der Waals surface area (Å²) < 4.78 is 30.4. The van der Waals surface area contributed by atoms with E-state index in [0.29, 0.717) is 40.7 Å². The number of carboxylic acid groups (broad SMARTS) is 1. The Morgan fingerprint density at radius 2 is 1.56 bits per heavy atom. The number of aliphatic hydroxyl groups is 1. The van der Waals surface area contributed by atoms with Crippen molar-refractivity contribution in [1.29, 1.82) is 5.26 Å². The average molecular weight is 616 g/mol. The minimum Gasteiger partial charge on any atom is -0.465 e. The fourth-order valence-corrected chi connectivity index (χ4v) is 7.14. The summed E-state index contributed by atoms with van der Waals surface area (Å²) in [7, 11) is 0. The second-order valence-corrected chi connectivity index (χ2v) is 13.9. The third-order valence-corrected chi connectivity index (χ3v) is 8.86. The summed E-state index contributed by atoms with van der Waals surface area (Å²) in [6, 6.07) is 15.2. The molecule has 0 aliphatic carbocycles. The molecule has 2 bridgehead atoms. The molecule has 0 spiro atoms. The Bertz CT molecular complexity index is 1670. The molecule has 2 amide bonds. The quantitative estimate of drug-likeness (QED) is 0.301. The topological polar surface area (TPSA) is 105 Å². The lowest BCUT2D eigenvalue weighted by Crippen LogP contribution is -2.58. The van der Waals surface area contributed by atoms with Crippen LogP contribution in [-0.2, 0) is 6.42 Å². The monoisotopic (exact) mass is 615 g/mol. The lowest BCUT2D eigenvalue weighted by Gasteiger charge is -2.46. The van der Waals surface area contributed by atoms with E-state index in [1.807, 2.05) is 31.7 Å². The molecule has 1 unspecified atom stereocenters. The predicted octanol–water partition coefficient (Wildman–Crippen LogP) is 7.40. The zero-order valence-electron chi connectivity index (χ0n) is 26.3. The van der Waals surface area contributed by atoms with E-state index in [-0.39, 0.29) is 41.6 Å². The number of rotatable bonds is 6. The van der Waals surface area contributed by atoms with Crippen LogP contribution in [0.5, 0.6) is 0 Å². The normalized spacial score (nSPS) is 19.7. The van der Waals surface area contributed by atoms with Crippen molar-refractivity contribution in [3.05, 3.63) is 82.9 Å². The van der Waals surface area contributed by atoms with Crippen LogP contribution in [0.25, 0.3) is 22.3 Å². The number of nitriles is 1. The molecule has 2 N–H and O–H groups in total. The van der Waals surface area contributed by atoms with Gasteiger partial charge >= 0.3 is 6.09 Å². The van der Waals surface area contributed by atoms with E-state index in [2.05, 4.69) is 0 Å². The fraction of sp³-hybridized carbons (Fsp3) is 0.417. The predicted molar refractivity (Wildman–Crippen MR) is 168 cm³/mol. The van der Waals surface area contributed by atoms with Crippen molar-refractivity contribution in [2.45, 2.75) is 96.0 Å². The summed E-state index contributed by atoms with van der Waals surface area (Å²) in [5, 5.41) is 29.4. The van der Waals surface area contributed by atoms with Crippen molar-refractivity contribution in [2.24, 2.45) is 0 Å². The number of carbonyl (C=O) groups is 2. The smallest absolute Gasteiger partial charge is 0.407 e. The number of nitrogens with zero attached hydrogens (tertiary/aromatic N) is 3. The highest BCUT2D eigenvalue weighted by Crippen LogP contribution is 2.42. The van der Waals surface area contributed by atoms with Gasteiger partial charge in [-0.05, 0) is 113 Å². The van der Waals surface area contributed by atoms with Gasteiger partial charge in [-0.3, -0.25) is 4.79 Å². The number of fused-ring (bicyclic) bond motifs is 2. The lowest BCUT2D eigenvalue weighted by atomic mass is 9.89. The maximum absolute atomic E-state index is 15.6. The van der Waals surface area contributed by atoms with Gasteiger partial charge in [0.2, 0.25) is 0 Å². The Hall–Kier alpha value is -4.29. The van der Waals surface area contributed by atoms with Gasteiger partial charge in [0.05, 0.1) is 11.2 Å². The molecule has 236 valence electrons.